The first-order valence-electron chi connectivity index (χ1n) is 9.21. The number of aromatic hydroxyl groups is 2. The van der Waals surface area contributed by atoms with E-state index in [0.29, 0.717) is 12.8 Å². The van der Waals surface area contributed by atoms with Gasteiger partial charge in [-0.3, -0.25) is 9.59 Å². The number of phenols is 2. The Balaban J connectivity index is 0. The zero-order valence-corrected chi connectivity index (χ0v) is 20.2. The first-order valence-corrected chi connectivity index (χ1v) is 9.21. The van der Waals surface area contributed by atoms with Crippen LogP contribution < -0.4 is 11.5 Å². The van der Waals surface area contributed by atoms with Crippen molar-refractivity contribution < 1.29 is 29.3 Å². The van der Waals surface area contributed by atoms with E-state index in [-0.39, 0.29) is 36.3 Å². The van der Waals surface area contributed by atoms with Crippen LogP contribution in [0.3, 0.4) is 0 Å². The Morgan fingerprint density at radius 1 is 0.719 bits per heavy atom. The summed E-state index contributed by atoms with van der Waals surface area (Å²) in [6, 6.07) is 13.1. The SMILES string of the molecule is COC(=O)[C@@](C)(N)Cc1ccc(O)cc1.COC(=O)[C@](C)(N)Cc1ccc(O)cc1.Cl.Cl. The lowest BCUT2D eigenvalue weighted by Crippen LogP contribution is -2.47. The second kappa shape index (κ2) is 13.8. The van der Waals surface area contributed by atoms with Crippen LogP contribution in [0.1, 0.15) is 25.0 Å². The monoisotopic (exact) mass is 490 g/mol. The molecule has 0 aliphatic heterocycles. The van der Waals surface area contributed by atoms with Crippen LogP contribution in [0, 0.1) is 0 Å². The standard InChI is InChI=1S/2C11H15NO3.2ClH/c2*1-11(12,10(14)15-2)7-8-3-5-9(13)6-4-8;;/h2*3-6,13H,7,12H2,1-2H3;2*1H/t2*11-;;/m10../s1. The molecule has 2 aromatic rings. The van der Waals surface area contributed by atoms with Gasteiger partial charge in [-0.2, -0.15) is 0 Å². The summed E-state index contributed by atoms with van der Waals surface area (Å²) in [5.41, 5.74) is 11.3. The molecule has 6 N–H and O–H groups in total. The second-order valence-corrected chi connectivity index (χ2v) is 7.50. The number of rotatable bonds is 6. The molecule has 32 heavy (non-hydrogen) atoms. The van der Waals surface area contributed by atoms with Crippen LogP contribution in [0.5, 0.6) is 11.5 Å². The van der Waals surface area contributed by atoms with Gasteiger partial charge in [0, 0.05) is 12.8 Å². The van der Waals surface area contributed by atoms with Crippen molar-refractivity contribution >= 4 is 36.8 Å². The van der Waals surface area contributed by atoms with E-state index >= 15 is 0 Å². The van der Waals surface area contributed by atoms with Crippen molar-refractivity contribution in [3.05, 3.63) is 59.7 Å². The molecule has 10 heteroatoms. The number of carbonyl (C=O) groups excluding carboxylic acids is 2. The highest BCUT2D eigenvalue weighted by Crippen LogP contribution is 2.16. The molecule has 8 nitrogen and oxygen atoms in total. The molecule has 2 rings (SSSR count). The fraction of sp³-hybridized carbons (Fsp3) is 0.364. The largest absolute Gasteiger partial charge is 0.508 e. The van der Waals surface area contributed by atoms with E-state index in [9.17, 15) is 9.59 Å². The summed E-state index contributed by atoms with van der Waals surface area (Å²) in [6.07, 6.45) is 0.750. The number of phenolic OH excluding ortho intramolecular Hbond substituents is 2. The molecule has 2 atom stereocenters. The highest BCUT2D eigenvalue weighted by Gasteiger charge is 2.30. The number of carbonyl (C=O) groups is 2. The van der Waals surface area contributed by atoms with Crippen molar-refractivity contribution in [1.29, 1.82) is 0 Å². The zero-order valence-electron chi connectivity index (χ0n) is 18.5. The first-order chi connectivity index (χ1) is 13.9. The van der Waals surface area contributed by atoms with Gasteiger partial charge < -0.3 is 31.2 Å². The lowest BCUT2D eigenvalue weighted by atomic mass is 9.94. The van der Waals surface area contributed by atoms with Crippen LogP contribution in [-0.2, 0) is 31.9 Å². The van der Waals surface area contributed by atoms with Gasteiger partial charge >= 0.3 is 11.9 Å². The van der Waals surface area contributed by atoms with Gasteiger partial charge in [0.15, 0.2) is 0 Å². The highest BCUT2D eigenvalue weighted by molar-refractivity contribution is 5.85. The van der Waals surface area contributed by atoms with Gasteiger partial charge in [-0.25, -0.2) is 0 Å². The van der Waals surface area contributed by atoms with Crippen molar-refractivity contribution in [2.75, 3.05) is 14.2 Å². The summed E-state index contributed by atoms with van der Waals surface area (Å²) < 4.78 is 9.20. The van der Waals surface area contributed by atoms with Crippen molar-refractivity contribution in [3.8, 4) is 11.5 Å². The third-order valence-electron chi connectivity index (χ3n) is 4.32. The van der Waals surface area contributed by atoms with E-state index in [4.69, 9.17) is 21.7 Å². The third-order valence-corrected chi connectivity index (χ3v) is 4.32. The first kappa shape index (κ1) is 31.7. The average molecular weight is 491 g/mol. The fourth-order valence-corrected chi connectivity index (χ4v) is 2.69. The molecule has 0 amide bonds. The predicted molar refractivity (Wildman–Crippen MR) is 127 cm³/mol. The molecule has 0 aliphatic carbocycles. The van der Waals surface area contributed by atoms with Crippen molar-refractivity contribution in [2.45, 2.75) is 37.8 Å². The molecule has 0 bridgehead atoms. The molecular formula is C22H32Cl2N2O6. The molecule has 180 valence electrons. The summed E-state index contributed by atoms with van der Waals surface area (Å²) >= 11 is 0. The van der Waals surface area contributed by atoms with Gasteiger partial charge in [0.05, 0.1) is 14.2 Å². The minimum atomic E-state index is -1.04. The lowest BCUT2D eigenvalue weighted by molar-refractivity contribution is -0.147. The topological polar surface area (TPSA) is 145 Å². The summed E-state index contributed by atoms with van der Waals surface area (Å²) in [5.74, 6) is -0.516. The molecular weight excluding hydrogens is 459 g/mol. The number of hydrogen-bond donors (Lipinski definition) is 4. The lowest BCUT2D eigenvalue weighted by Gasteiger charge is -2.21. The molecule has 0 unspecified atom stereocenters. The summed E-state index contributed by atoms with van der Waals surface area (Å²) in [5, 5.41) is 18.2. The number of halogens is 2. The molecule has 0 radical (unpaired) electrons. The Morgan fingerprint density at radius 3 is 1.19 bits per heavy atom. The van der Waals surface area contributed by atoms with Gasteiger partial charge in [0.25, 0.3) is 0 Å². The molecule has 2 aromatic carbocycles. The molecule has 0 saturated heterocycles. The number of methoxy groups -OCH3 is 2. The van der Waals surface area contributed by atoms with E-state index < -0.39 is 23.0 Å². The molecule has 0 saturated carbocycles. The van der Waals surface area contributed by atoms with Gasteiger partial charge in [0.2, 0.25) is 0 Å². The molecule has 0 heterocycles. The highest BCUT2D eigenvalue weighted by atomic mass is 35.5. The van der Waals surface area contributed by atoms with Gasteiger partial charge in [-0.1, -0.05) is 24.3 Å². The van der Waals surface area contributed by atoms with Crippen molar-refractivity contribution in [2.24, 2.45) is 11.5 Å². The number of ether oxygens (including phenoxy) is 2. The summed E-state index contributed by atoms with van der Waals surface area (Å²) in [4.78, 5) is 22.6. The van der Waals surface area contributed by atoms with Crippen molar-refractivity contribution in [3.63, 3.8) is 0 Å². The maximum atomic E-state index is 11.3. The van der Waals surface area contributed by atoms with E-state index in [0.717, 1.165) is 11.1 Å². The van der Waals surface area contributed by atoms with Crippen molar-refractivity contribution in [1.82, 2.24) is 0 Å². The number of nitrogens with two attached hydrogens (primary N) is 2. The Labute approximate surface area is 200 Å². The Kier molecular flexibility index (Phi) is 13.7. The predicted octanol–water partition coefficient (Wildman–Crippen LogP) is 2.49. The van der Waals surface area contributed by atoms with Gasteiger partial charge in [-0.15, -0.1) is 24.8 Å². The molecule has 0 aliphatic rings. The quantitative estimate of drug-likeness (QED) is 0.451. The molecule has 0 spiro atoms. The molecule has 0 aromatic heterocycles. The van der Waals surface area contributed by atoms with Crippen LogP contribution in [0.25, 0.3) is 0 Å². The van der Waals surface area contributed by atoms with E-state index in [1.165, 1.54) is 14.2 Å². The van der Waals surface area contributed by atoms with Crippen LogP contribution in [0.2, 0.25) is 0 Å². The van der Waals surface area contributed by atoms with Crippen LogP contribution in [0.4, 0.5) is 0 Å². The molecule has 0 fully saturated rings. The maximum Gasteiger partial charge on any atom is 0.325 e. The Hall–Kier alpha value is -2.52. The number of hydrogen-bond acceptors (Lipinski definition) is 8. The number of benzene rings is 2. The fourth-order valence-electron chi connectivity index (χ4n) is 2.69. The van der Waals surface area contributed by atoms with Gasteiger partial charge in [-0.05, 0) is 49.2 Å². The summed E-state index contributed by atoms with van der Waals surface area (Å²) in [7, 11) is 2.62. The Bertz CT molecular complexity index is 769. The van der Waals surface area contributed by atoms with E-state index in [1.54, 1.807) is 62.4 Å². The average Bonchev–Trinajstić information content (AvgIpc) is 2.70. The number of esters is 2. The van der Waals surface area contributed by atoms with Crippen LogP contribution in [0.15, 0.2) is 48.5 Å². The smallest absolute Gasteiger partial charge is 0.325 e. The zero-order chi connectivity index (χ0) is 22.9. The Morgan fingerprint density at radius 2 is 0.969 bits per heavy atom. The van der Waals surface area contributed by atoms with Crippen LogP contribution in [-0.4, -0.2) is 47.4 Å². The minimum Gasteiger partial charge on any atom is -0.508 e. The summed E-state index contributed by atoms with van der Waals surface area (Å²) in [6.45, 7) is 3.23. The van der Waals surface area contributed by atoms with E-state index in [1.807, 2.05) is 0 Å². The van der Waals surface area contributed by atoms with Crippen LogP contribution >= 0.6 is 24.8 Å². The minimum absolute atomic E-state index is 0. The third kappa shape index (κ3) is 10.2. The van der Waals surface area contributed by atoms with Gasteiger partial charge in [0.1, 0.15) is 22.6 Å². The van der Waals surface area contributed by atoms with E-state index in [2.05, 4.69) is 9.47 Å². The normalized spacial score (nSPS) is 13.4. The second-order valence-electron chi connectivity index (χ2n) is 7.50. The maximum absolute atomic E-state index is 11.3.